The summed E-state index contributed by atoms with van der Waals surface area (Å²) < 4.78 is 5.23. The minimum absolute atomic E-state index is 0.0191. The van der Waals surface area contributed by atoms with Crippen molar-refractivity contribution < 1.29 is 29.2 Å². The Morgan fingerprint density at radius 2 is 2.00 bits per heavy atom. The molecule has 2 rings (SSSR count). The van der Waals surface area contributed by atoms with Gasteiger partial charge in [-0.1, -0.05) is 0 Å². The number of nitrogens with one attached hydrogen (secondary N) is 1. The van der Waals surface area contributed by atoms with E-state index in [1.165, 1.54) is 36.3 Å². The summed E-state index contributed by atoms with van der Waals surface area (Å²) >= 11 is 0. The van der Waals surface area contributed by atoms with Gasteiger partial charge in [-0.3, -0.25) is 24.5 Å². The number of carbonyl (C=O) groups excluding carboxylic acids is 2. The van der Waals surface area contributed by atoms with E-state index in [1.54, 1.807) is 0 Å². The molecule has 0 saturated carbocycles. The summed E-state index contributed by atoms with van der Waals surface area (Å²) in [5.74, 6) is -1.69. The number of non-ortho nitro benzene ring substituents is 1. The van der Waals surface area contributed by atoms with Gasteiger partial charge in [-0.2, -0.15) is 0 Å². The first-order valence-electron chi connectivity index (χ1n) is 8.38. The highest BCUT2D eigenvalue weighted by Crippen LogP contribution is 2.23. The maximum Gasteiger partial charge on any atom is 0.305 e. The van der Waals surface area contributed by atoms with Gasteiger partial charge < -0.3 is 20.1 Å². The van der Waals surface area contributed by atoms with Crippen LogP contribution >= 0.6 is 0 Å². The van der Waals surface area contributed by atoms with E-state index in [-0.39, 0.29) is 42.6 Å². The molecule has 1 aliphatic heterocycles. The van der Waals surface area contributed by atoms with E-state index in [2.05, 4.69) is 5.32 Å². The third kappa shape index (κ3) is 5.48. The Bertz CT molecular complexity index is 720. The molecule has 1 aromatic rings. The van der Waals surface area contributed by atoms with Crippen molar-refractivity contribution in [2.24, 2.45) is 0 Å². The van der Waals surface area contributed by atoms with Crippen LogP contribution in [0.3, 0.4) is 0 Å². The largest absolute Gasteiger partial charge is 0.481 e. The zero-order valence-electron chi connectivity index (χ0n) is 14.8. The zero-order chi connectivity index (χ0) is 20.0. The lowest BCUT2D eigenvalue weighted by molar-refractivity contribution is -0.384. The van der Waals surface area contributed by atoms with E-state index in [0.29, 0.717) is 13.0 Å². The number of aliphatic carboxylic acids is 1. The molecule has 0 radical (unpaired) electrons. The fourth-order valence-electron chi connectivity index (χ4n) is 3.01. The lowest BCUT2D eigenvalue weighted by Gasteiger charge is -2.23. The van der Waals surface area contributed by atoms with Crippen molar-refractivity contribution in [3.63, 3.8) is 0 Å². The Labute approximate surface area is 155 Å². The van der Waals surface area contributed by atoms with Gasteiger partial charge in [-0.15, -0.1) is 0 Å². The summed E-state index contributed by atoms with van der Waals surface area (Å²) in [4.78, 5) is 46.9. The summed E-state index contributed by atoms with van der Waals surface area (Å²) in [7, 11) is 1.51. The van der Waals surface area contributed by atoms with Gasteiger partial charge in [0.15, 0.2) is 0 Å². The van der Waals surface area contributed by atoms with Crippen LogP contribution in [0.2, 0.25) is 0 Å². The maximum absolute atomic E-state index is 12.4. The highest BCUT2D eigenvalue weighted by Gasteiger charge is 2.36. The molecule has 1 fully saturated rings. The SMILES string of the molecule is COC1CC(CC(=O)O)N(C(=O)CCNC(=O)c2ccc([N+](=O)[O-])cc2)C1. The van der Waals surface area contributed by atoms with E-state index in [4.69, 9.17) is 9.84 Å². The molecule has 0 aromatic heterocycles. The van der Waals surface area contributed by atoms with Crippen LogP contribution in [0.4, 0.5) is 5.69 Å². The molecule has 2 unspecified atom stereocenters. The molecule has 0 spiro atoms. The Balaban J connectivity index is 1.86. The number of benzene rings is 1. The van der Waals surface area contributed by atoms with E-state index in [9.17, 15) is 24.5 Å². The van der Waals surface area contributed by atoms with Crippen LogP contribution in [-0.4, -0.2) is 65.1 Å². The molecule has 10 heteroatoms. The molecule has 2 atom stereocenters. The maximum atomic E-state index is 12.4. The van der Waals surface area contributed by atoms with Gasteiger partial charge in [0.1, 0.15) is 0 Å². The average Bonchev–Trinajstić information content (AvgIpc) is 3.03. The first-order chi connectivity index (χ1) is 12.8. The first-order valence-corrected chi connectivity index (χ1v) is 8.38. The number of carboxylic acids is 1. The molecule has 27 heavy (non-hydrogen) atoms. The first kappa shape index (κ1) is 20.3. The fourth-order valence-corrected chi connectivity index (χ4v) is 3.01. The monoisotopic (exact) mass is 379 g/mol. The van der Waals surface area contributed by atoms with Crippen molar-refractivity contribution >= 4 is 23.5 Å². The van der Waals surface area contributed by atoms with Crippen LogP contribution in [0.15, 0.2) is 24.3 Å². The lowest BCUT2D eigenvalue weighted by atomic mass is 10.1. The van der Waals surface area contributed by atoms with E-state index in [0.717, 1.165) is 0 Å². The molecular weight excluding hydrogens is 358 g/mol. The van der Waals surface area contributed by atoms with Crippen LogP contribution in [0.5, 0.6) is 0 Å². The van der Waals surface area contributed by atoms with Crippen molar-refractivity contribution in [3.8, 4) is 0 Å². The smallest absolute Gasteiger partial charge is 0.305 e. The summed E-state index contributed by atoms with van der Waals surface area (Å²) in [5.41, 5.74) is 0.130. The van der Waals surface area contributed by atoms with E-state index >= 15 is 0 Å². The summed E-state index contributed by atoms with van der Waals surface area (Å²) in [6, 6.07) is 4.70. The van der Waals surface area contributed by atoms with Crippen LogP contribution in [0.25, 0.3) is 0 Å². The Hall–Kier alpha value is -3.01. The van der Waals surface area contributed by atoms with Crippen molar-refractivity contribution in [1.82, 2.24) is 10.2 Å². The van der Waals surface area contributed by atoms with Crippen molar-refractivity contribution in [3.05, 3.63) is 39.9 Å². The third-order valence-electron chi connectivity index (χ3n) is 4.40. The fraction of sp³-hybridized carbons (Fsp3) is 0.471. The average molecular weight is 379 g/mol. The van der Waals surface area contributed by atoms with Crippen LogP contribution in [0, 0.1) is 10.1 Å². The molecule has 1 heterocycles. The second-order valence-corrected chi connectivity index (χ2v) is 6.20. The standard InChI is InChI=1S/C17H21N3O7/c1-27-14-8-13(9-16(22)23)19(10-14)15(21)6-7-18-17(24)11-2-4-12(5-3-11)20(25)26/h2-5,13-14H,6-10H2,1H3,(H,18,24)(H,22,23). The normalized spacial score (nSPS) is 18.9. The van der Waals surface area contributed by atoms with Crippen molar-refractivity contribution in [2.75, 3.05) is 20.2 Å². The highest BCUT2D eigenvalue weighted by atomic mass is 16.6. The number of carbonyl (C=O) groups is 3. The summed E-state index contributed by atoms with van der Waals surface area (Å²) in [5, 5.41) is 22.2. The Morgan fingerprint density at radius 1 is 1.33 bits per heavy atom. The number of nitro groups is 1. The number of ether oxygens (including phenoxy) is 1. The minimum atomic E-state index is -0.985. The summed E-state index contributed by atoms with van der Waals surface area (Å²) in [6.07, 6.45) is 0.128. The molecule has 0 aliphatic carbocycles. The van der Waals surface area contributed by atoms with Crippen LogP contribution in [0.1, 0.15) is 29.6 Å². The molecular formula is C17H21N3O7. The van der Waals surface area contributed by atoms with Gasteiger partial charge in [0.05, 0.1) is 17.4 Å². The number of rotatable bonds is 8. The highest BCUT2D eigenvalue weighted by molar-refractivity contribution is 5.94. The van der Waals surface area contributed by atoms with Gasteiger partial charge in [-0.05, 0) is 18.6 Å². The number of nitrogens with zero attached hydrogens (tertiary/aromatic N) is 2. The third-order valence-corrected chi connectivity index (χ3v) is 4.40. The number of hydrogen-bond donors (Lipinski definition) is 2. The molecule has 1 aliphatic rings. The Morgan fingerprint density at radius 3 is 2.56 bits per heavy atom. The number of amides is 2. The lowest BCUT2D eigenvalue weighted by Crippen LogP contribution is -2.39. The van der Waals surface area contributed by atoms with Crippen LogP contribution in [-0.2, 0) is 14.3 Å². The van der Waals surface area contributed by atoms with Gasteiger partial charge in [0.2, 0.25) is 5.91 Å². The quantitative estimate of drug-likeness (QED) is 0.503. The predicted molar refractivity (Wildman–Crippen MR) is 93.2 cm³/mol. The number of methoxy groups -OCH3 is 1. The van der Waals surface area contributed by atoms with Crippen LogP contribution < -0.4 is 5.32 Å². The van der Waals surface area contributed by atoms with Crippen molar-refractivity contribution in [2.45, 2.75) is 31.4 Å². The molecule has 146 valence electrons. The minimum Gasteiger partial charge on any atom is -0.481 e. The number of likely N-dealkylation sites (tertiary alicyclic amines) is 1. The number of carboxylic acid groups (broad SMARTS) is 1. The Kier molecular flexibility index (Phi) is 6.83. The van der Waals surface area contributed by atoms with Gasteiger partial charge in [-0.25, -0.2) is 0 Å². The van der Waals surface area contributed by atoms with Gasteiger partial charge in [0, 0.05) is 50.4 Å². The second kappa shape index (κ2) is 9.08. The molecule has 2 N–H and O–H groups in total. The van der Waals surface area contributed by atoms with Crippen molar-refractivity contribution in [1.29, 1.82) is 0 Å². The molecule has 2 amide bonds. The number of hydrogen-bond acceptors (Lipinski definition) is 6. The van der Waals surface area contributed by atoms with Gasteiger partial charge in [0.25, 0.3) is 11.6 Å². The van der Waals surface area contributed by atoms with Gasteiger partial charge >= 0.3 is 5.97 Å². The summed E-state index contributed by atoms with van der Waals surface area (Å²) in [6.45, 7) is 0.395. The molecule has 1 aromatic carbocycles. The predicted octanol–water partition coefficient (Wildman–Crippen LogP) is 0.805. The molecule has 10 nitrogen and oxygen atoms in total. The van der Waals surface area contributed by atoms with E-state index < -0.39 is 22.8 Å². The topological polar surface area (TPSA) is 139 Å². The zero-order valence-corrected chi connectivity index (χ0v) is 14.8. The number of nitro benzene ring substituents is 1. The molecule has 0 bridgehead atoms. The molecule has 1 saturated heterocycles. The second-order valence-electron chi connectivity index (χ2n) is 6.20. The van der Waals surface area contributed by atoms with E-state index in [1.807, 2.05) is 0 Å².